The van der Waals surface area contributed by atoms with Crippen molar-refractivity contribution in [2.75, 3.05) is 7.05 Å². The molecule has 0 aliphatic rings. The quantitative estimate of drug-likeness (QED) is 0.584. The van der Waals surface area contributed by atoms with E-state index in [1.807, 2.05) is 6.07 Å². The molecule has 1 aromatic heterocycles. The third-order valence-electron chi connectivity index (χ3n) is 1.38. The minimum absolute atomic E-state index is 1.01. The Morgan fingerprint density at radius 1 is 1.55 bits per heavy atom. The van der Waals surface area contributed by atoms with Crippen LogP contribution in [0.2, 0.25) is 0 Å². The minimum Gasteiger partial charge on any atom is -0.296 e. The van der Waals surface area contributed by atoms with Gasteiger partial charge in [0.05, 0.1) is 0 Å². The highest BCUT2D eigenvalue weighted by atomic mass is 14.6. The van der Waals surface area contributed by atoms with E-state index >= 15 is 0 Å². The lowest BCUT2D eigenvalue weighted by Crippen LogP contribution is -1.86. The zero-order valence-electron chi connectivity index (χ0n) is 6.49. The lowest BCUT2D eigenvalue weighted by atomic mass is 10.1. The lowest BCUT2D eigenvalue weighted by molar-refractivity contribution is 1.31. The van der Waals surface area contributed by atoms with Crippen molar-refractivity contribution in [2.24, 2.45) is 4.99 Å². The fourth-order valence-electron chi connectivity index (χ4n) is 0.845. The molecular weight excluding hydrogens is 136 g/mol. The summed E-state index contributed by atoms with van der Waals surface area (Å²) in [7, 11) is 1.74. The predicted octanol–water partition coefficient (Wildman–Crippen LogP) is 1.77. The molecule has 0 spiro atoms. The van der Waals surface area contributed by atoms with Crippen LogP contribution in [0.4, 0.5) is 0 Å². The van der Waals surface area contributed by atoms with Crippen LogP contribution in [0.25, 0.3) is 6.08 Å². The molecule has 0 saturated heterocycles. The van der Waals surface area contributed by atoms with Crippen LogP contribution in [-0.4, -0.2) is 18.2 Å². The second-order valence-electron chi connectivity index (χ2n) is 2.10. The second-order valence-corrected chi connectivity index (χ2v) is 2.10. The second kappa shape index (κ2) is 3.66. The van der Waals surface area contributed by atoms with Crippen molar-refractivity contribution in [3.63, 3.8) is 0 Å². The molecule has 2 nitrogen and oxygen atoms in total. The Bertz CT molecular complexity index is 277. The third-order valence-corrected chi connectivity index (χ3v) is 1.38. The van der Waals surface area contributed by atoms with Gasteiger partial charge in [-0.15, -0.1) is 0 Å². The summed E-state index contributed by atoms with van der Waals surface area (Å²) < 4.78 is 0. The molecule has 0 unspecified atom stereocenters. The van der Waals surface area contributed by atoms with Gasteiger partial charge in [0.15, 0.2) is 0 Å². The Labute approximate surface area is 66.3 Å². The van der Waals surface area contributed by atoms with E-state index < -0.39 is 0 Å². The molecular formula is C9H10N2. The smallest absolute Gasteiger partial charge is 0.0346 e. The van der Waals surface area contributed by atoms with Crippen LogP contribution < -0.4 is 0 Å². The van der Waals surface area contributed by atoms with Crippen LogP contribution in [0, 0.1) is 0 Å². The molecule has 2 heteroatoms. The number of aromatic nitrogens is 1. The lowest BCUT2D eigenvalue weighted by Gasteiger charge is -1.96. The molecule has 0 fully saturated rings. The first kappa shape index (κ1) is 7.66. The van der Waals surface area contributed by atoms with E-state index in [-0.39, 0.29) is 0 Å². The number of rotatable bonds is 2. The highest BCUT2D eigenvalue weighted by Gasteiger charge is 1.92. The first-order valence-electron chi connectivity index (χ1n) is 3.37. The van der Waals surface area contributed by atoms with E-state index in [0.717, 1.165) is 11.1 Å². The summed E-state index contributed by atoms with van der Waals surface area (Å²) in [6.07, 6.45) is 7.07. The number of hydrogen-bond acceptors (Lipinski definition) is 2. The molecule has 0 radical (unpaired) electrons. The molecule has 0 aromatic carbocycles. The van der Waals surface area contributed by atoms with Crippen LogP contribution in [-0.2, 0) is 0 Å². The highest BCUT2D eigenvalue weighted by molar-refractivity contribution is 5.84. The maximum atomic E-state index is 3.97. The van der Waals surface area contributed by atoms with Gasteiger partial charge in [0.25, 0.3) is 0 Å². The van der Waals surface area contributed by atoms with Crippen molar-refractivity contribution < 1.29 is 0 Å². The average Bonchev–Trinajstić information content (AvgIpc) is 2.06. The molecule has 0 bridgehead atoms. The van der Waals surface area contributed by atoms with Crippen molar-refractivity contribution in [1.29, 1.82) is 0 Å². The molecule has 1 heterocycles. The monoisotopic (exact) mass is 146 g/mol. The minimum atomic E-state index is 1.01. The maximum Gasteiger partial charge on any atom is 0.0346 e. The zero-order valence-corrected chi connectivity index (χ0v) is 6.49. The van der Waals surface area contributed by atoms with Crippen molar-refractivity contribution >= 4 is 12.3 Å². The maximum absolute atomic E-state index is 3.97. The molecule has 0 atom stereocenters. The summed E-state index contributed by atoms with van der Waals surface area (Å²) in [6, 6.07) is 1.91. The van der Waals surface area contributed by atoms with Gasteiger partial charge in [0.1, 0.15) is 0 Å². The molecule has 1 rings (SSSR count). The van der Waals surface area contributed by atoms with E-state index in [1.165, 1.54) is 0 Å². The number of pyridine rings is 1. The van der Waals surface area contributed by atoms with Crippen molar-refractivity contribution in [2.45, 2.75) is 0 Å². The Hall–Kier alpha value is -1.44. The van der Waals surface area contributed by atoms with Gasteiger partial charge in [-0.3, -0.25) is 9.98 Å². The van der Waals surface area contributed by atoms with Crippen molar-refractivity contribution in [1.82, 2.24) is 4.98 Å². The largest absolute Gasteiger partial charge is 0.296 e. The predicted molar refractivity (Wildman–Crippen MR) is 47.8 cm³/mol. The number of nitrogens with zero attached hydrogens (tertiary/aromatic N) is 2. The summed E-state index contributed by atoms with van der Waals surface area (Å²) in [5.74, 6) is 0. The van der Waals surface area contributed by atoms with Crippen LogP contribution in [0.5, 0.6) is 0 Å². The van der Waals surface area contributed by atoms with Gasteiger partial charge in [-0.2, -0.15) is 0 Å². The van der Waals surface area contributed by atoms with Gasteiger partial charge < -0.3 is 0 Å². The van der Waals surface area contributed by atoms with E-state index in [0.29, 0.717) is 0 Å². The molecule has 0 saturated carbocycles. The zero-order chi connectivity index (χ0) is 8.10. The summed E-state index contributed by atoms with van der Waals surface area (Å²) in [6.45, 7) is 3.67. The van der Waals surface area contributed by atoms with Crippen molar-refractivity contribution in [3.05, 3.63) is 36.2 Å². The van der Waals surface area contributed by atoms with Crippen LogP contribution >= 0.6 is 0 Å². The molecule has 11 heavy (non-hydrogen) atoms. The summed E-state index contributed by atoms with van der Waals surface area (Å²) in [4.78, 5) is 7.88. The van der Waals surface area contributed by atoms with Crippen LogP contribution in [0.3, 0.4) is 0 Å². The number of aliphatic imine (C=N–C) groups is 1. The summed E-state index contributed by atoms with van der Waals surface area (Å²) in [5.41, 5.74) is 2.07. The molecule has 0 amide bonds. The van der Waals surface area contributed by atoms with Gasteiger partial charge in [0.2, 0.25) is 0 Å². The first-order valence-corrected chi connectivity index (χ1v) is 3.37. The topological polar surface area (TPSA) is 25.2 Å². The number of hydrogen-bond donors (Lipinski definition) is 0. The van der Waals surface area contributed by atoms with E-state index in [1.54, 1.807) is 31.7 Å². The summed E-state index contributed by atoms with van der Waals surface area (Å²) >= 11 is 0. The Balaban J connectivity index is 3.11. The normalized spacial score (nSPS) is 10.3. The SMILES string of the molecule is C=Cc1cnccc1/C=N\C. The Kier molecular flexibility index (Phi) is 2.55. The fraction of sp³-hybridized carbons (Fsp3) is 0.111. The average molecular weight is 146 g/mol. The fourth-order valence-corrected chi connectivity index (χ4v) is 0.845. The van der Waals surface area contributed by atoms with E-state index in [4.69, 9.17) is 0 Å². The van der Waals surface area contributed by atoms with Crippen molar-refractivity contribution in [3.8, 4) is 0 Å². The third kappa shape index (κ3) is 1.74. The Morgan fingerprint density at radius 3 is 3.00 bits per heavy atom. The van der Waals surface area contributed by atoms with Gasteiger partial charge in [0, 0.05) is 36.8 Å². The first-order chi connectivity index (χ1) is 5.38. The standard InChI is InChI=1S/C9H10N2/c1-3-8-7-11-5-4-9(8)6-10-2/h3-7H,1H2,2H3/b10-6-. The van der Waals surface area contributed by atoms with Gasteiger partial charge in [-0.1, -0.05) is 12.7 Å². The molecule has 0 aliphatic carbocycles. The molecule has 1 aromatic rings. The van der Waals surface area contributed by atoms with Gasteiger partial charge in [-0.05, 0) is 6.07 Å². The molecule has 0 N–H and O–H groups in total. The van der Waals surface area contributed by atoms with Crippen LogP contribution in [0.15, 0.2) is 30.0 Å². The summed E-state index contributed by atoms with van der Waals surface area (Å²) in [5, 5.41) is 0. The Morgan fingerprint density at radius 2 is 2.36 bits per heavy atom. The molecule has 56 valence electrons. The van der Waals surface area contributed by atoms with Crippen LogP contribution in [0.1, 0.15) is 11.1 Å². The highest BCUT2D eigenvalue weighted by Crippen LogP contribution is 2.04. The van der Waals surface area contributed by atoms with E-state index in [9.17, 15) is 0 Å². The molecule has 0 aliphatic heterocycles. The van der Waals surface area contributed by atoms with E-state index in [2.05, 4.69) is 16.6 Å². The van der Waals surface area contributed by atoms with Gasteiger partial charge in [-0.25, -0.2) is 0 Å². The van der Waals surface area contributed by atoms with Gasteiger partial charge >= 0.3 is 0 Å².